The van der Waals surface area contributed by atoms with Crippen molar-refractivity contribution in [3.8, 4) is 5.75 Å². The van der Waals surface area contributed by atoms with E-state index in [2.05, 4.69) is 15.8 Å². The second-order valence-corrected chi connectivity index (χ2v) is 6.57. The number of carbonyl (C=O) groups excluding carboxylic acids is 3. The number of morpholine rings is 1. The fourth-order valence-electron chi connectivity index (χ4n) is 2.98. The monoisotopic (exact) mass is 424 g/mol. The molecule has 0 aliphatic carbocycles. The van der Waals surface area contributed by atoms with Gasteiger partial charge in [0.1, 0.15) is 5.75 Å². The molecule has 9 nitrogen and oxygen atoms in total. The second kappa shape index (κ2) is 10.9. The Hall–Kier alpha value is -3.72. The first-order valence-electron chi connectivity index (χ1n) is 9.92. The standard InChI is InChI=1S/C22H24N4O5/c1-2-31-19-10-6-3-7-16(19)15-23-25-21(28)20(27)24-18-9-5-4-8-17(18)22(29)26-11-13-30-14-12-26/h3-10,15H,2,11-14H2,1H3,(H,24,27)(H,25,28). The Morgan fingerprint density at radius 1 is 1.06 bits per heavy atom. The van der Waals surface area contributed by atoms with Crippen LogP contribution >= 0.6 is 0 Å². The number of hydrogen-bond donors (Lipinski definition) is 2. The predicted octanol–water partition coefficient (Wildman–Crippen LogP) is 1.65. The van der Waals surface area contributed by atoms with Crippen LogP contribution in [-0.2, 0) is 14.3 Å². The Bertz CT molecular complexity index is 970. The van der Waals surface area contributed by atoms with Gasteiger partial charge < -0.3 is 19.7 Å². The first kappa shape index (κ1) is 22.0. The zero-order chi connectivity index (χ0) is 22.1. The number of anilines is 1. The van der Waals surface area contributed by atoms with Gasteiger partial charge in [-0.15, -0.1) is 0 Å². The van der Waals surface area contributed by atoms with Crippen molar-refractivity contribution in [3.63, 3.8) is 0 Å². The molecule has 3 rings (SSSR count). The van der Waals surface area contributed by atoms with Crippen molar-refractivity contribution in [2.24, 2.45) is 5.10 Å². The number of ether oxygens (including phenoxy) is 2. The van der Waals surface area contributed by atoms with Gasteiger partial charge in [0.2, 0.25) is 0 Å². The summed E-state index contributed by atoms with van der Waals surface area (Å²) >= 11 is 0. The molecule has 0 unspecified atom stereocenters. The third-order valence-electron chi connectivity index (χ3n) is 4.50. The maximum atomic E-state index is 12.8. The van der Waals surface area contributed by atoms with Crippen molar-refractivity contribution in [1.29, 1.82) is 0 Å². The van der Waals surface area contributed by atoms with Crippen LogP contribution in [0.25, 0.3) is 0 Å². The molecule has 0 spiro atoms. The Balaban J connectivity index is 1.63. The Labute approximate surface area is 180 Å². The van der Waals surface area contributed by atoms with Gasteiger partial charge in [-0.2, -0.15) is 5.10 Å². The molecule has 0 bridgehead atoms. The van der Waals surface area contributed by atoms with E-state index in [4.69, 9.17) is 9.47 Å². The Kier molecular flexibility index (Phi) is 7.72. The number of benzene rings is 2. The summed E-state index contributed by atoms with van der Waals surface area (Å²) in [4.78, 5) is 38.9. The molecular weight excluding hydrogens is 400 g/mol. The van der Waals surface area contributed by atoms with Crippen LogP contribution in [-0.4, -0.2) is 61.7 Å². The highest BCUT2D eigenvalue weighted by Gasteiger charge is 2.22. The summed E-state index contributed by atoms with van der Waals surface area (Å²) in [7, 11) is 0. The van der Waals surface area contributed by atoms with Crippen LogP contribution in [0.4, 0.5) is 5.69 Å². The predicted molar refractivity (Wildman–Crippen MR) is 115 cm³/mol. The largest absolute Gasteiger partial charge is 0.493 e. The highest BCUT2D eigenvalue weighted by atomic mass is 16.5. The average Bonchev–Trinajstić information content (AvgIpc) is 2.80. The van der Waals surface area contributed by atoms with Crippen molar-refractivity contribution in [1.82, 2.24) is 10.3 Å². The van der Waals surface area contributed by atoms with Crippen LogP contribution < -0.4 is 15.5 Å². The van der Waals surface area contributed by atoms with Gasteiger partial charge in [0.15, 0.2) is 0 Å². The molecule has 1 fully saturated rings. The van der Waals surface area contributed by atoms with Crippen molar-refractivity contribution in [2.45, 2.75) is 6.92 Å². The molecule has 162 valence electrons. The molecule has 2 aromatic carbocycles. The van der Waals surface area contributed by atoms with Gasteiger partial charge >= 0.3 is 11.8 Å². The van der Waals surface area contributed by atoms with Crippen LogP contribution in [0.15, 0.2) is 53.6 Å². The number of carbonyl (C=O) groups is 3. The van der Waals surface area contributed by atoms with Gasteiger partial charge in [0, 0.05) is 18.7 Å². The molecule has 1 aliphatic rings. The summed E-state index contributed by atoms with van der Waals surface area (Å²) in [5.74, 6) is -1.51. The van der Waals surface area contributed by atoms with E-state index in [0.717, 1.165) is 0 Å². The highest BCUT2D eigenvalue weighted by molar-refractivity contribution is 6.40. The molecule has 0 radical (unpaired) electrons. The lowest BCUT2D eigenvalue weighted by molar-refractivity contribution is -0.136. The van der Waals surface area contributed by atoms with Crippen molar-refractivity contribution < 1.29 is 23.9 Å². The number of nitrogens with zero attached hydrogens (tertiary/aromatic N) is 2. The van der Waals surface area contributed by atoms with Crippen molar-refractivity contribution in [3.05, 3.63) is 59.7 Å². The summed E-state index contributed by atoms with van der Waals surface area (Å²) in [5, 5.41) is 6.31. The number of nitrogens with one attached hydrogen (secondary N) is 2. The van der Waals surface area contributed by atoms with E-state index in [9.17, 15) is 14.4 Å². The van der Waals surface area contributed by atoms with Crippen molar-refractivity contribution >= 4 is 29.6 Å². The summed E-state index contributed by atoms with van der Waals surface area (Å²) in [6, 6.07) is 13.7. The molecule has 1 heterocycles. The molecule has 31 heavy (non-hydrogen) atoms. The van der Waals surface area contributed by atoms with Gasteiger partial charge in [0.25, 0.3) is 5.91 Å². The number of rotatable bonds is 6. The van der Waals surface area contributed by atoms with Crippen molar-refractivity contribution in [2.75, 3.05) is 38.2 Å². The van der Waals surface area contributed by atoms with E-state index in [0.29, 0.717) is 49.8 Å². The van der Waals surface area contributed by atoms with Crippen LogP contribution in [0.1, 0.15) is 22.8 Å². The lowest BCUT2D eigenvalue weighted by Crippen LogP contribution is -2.41. The molecule has 9 heteroatoms. The molecular formula is C22H24N4O5. The molecule has 2 N–H and O–H groups in total. The number of amides is 3. The maximum Gasteiger partial charge on any atom is 0.329 e. The van der Waals surface area contributed by atoms with Gasteiger partial charge in [-0.25, -0.2) is 5.43 Å². The first-order valence-corrected chi connectivity index (χ1v) is 9.92. The third-order valence-corrected chi connectivity index (χ3v) is 4.50. The number of hydrogen-bond acceptors (Lipinski definition) is 6. The first-order chi connectivity index (χ1) is 15.1. The smallest absolute Gasteiger partial charge is 0.329 e. The lowest BCUT2D eigenvalue weighted by Gasteiger charge is -2.27. The Morgan fingerprint density at radius 3 is 2.55 bits per heavy atom. The van der Waals surface area contributed by atoms with Gasteiger partial charge in [-0.3, -0.25) is 14.4 Å². The van der Waals surface area contributed by atoms with E-state index in [1.54, 1.807) is 47.4 Å². The molecule has 0 aromatic heterocycles. The summed E-state index contributed by atoms with van der Waals surface area (Å²) in [5.41, 5.74) is 3.40. The fraction of sp³-hybridized carbons (Fsp3) is 0.273. The highest BCUT2D eigenvalue weighted by Crippen LogP contribution is 2.18. The maximum absolute atomic E-state index is 12.8. The third kappa shape index (κ3) is 5.89. The lowest BCUT2D eigenvalue weighted by atomic mass is 10.1. The van der Waals surface area contributed by atoms with E-state index < -0.39 is 11.8 Å². The normalized spacial score (nSPS) is 13.6. The van der Waals surface area contributed by atoms with Crippen LogP contribution in [0.2, 0.25) is 0 Å². The molecule has 0 saturated carbocycles. The SMILES string of the molecule is CCOc1ccccc1C=NNC(=O)C(=O)Nc1ccccc1C(=O)N1CCOCC1. The average molecular weight is 424 g/mol. The van der Waals surface area contributed by atoms with Crippen LogP contribution in [0.3, 0.4) is 0 Å². The zero-order valence-electron chi connectivity index (χ0n) is 17.2. The van der Waals surface area contributed by atoms with E-state index in [-0.39, 0.29) is 11.6 Å². The van der Waals surface area contributed by atoms with Gasteiger partial charge in [-0.05, 0) is 31.2 Å². The molecule has 1 aliphatic heterocycles. The van der Waals surface area contributed by atoms with E-state index >= 15 is 0 Å². The van der Waals surface area contributed by atoms with Crippen LogP contribution in [0.5, 0.6) is 5.75 Å². The van der Waals surface area contributed by atoms with Crippen LogP contribution in [0, 0.1) is 0 Å². The molecule has 2 aromatic rings. The number of para-hydroxylation sites is 2. The molecule has 3 amide bonds. The summed E-state index contributed by atoms with van der Waals surface area (Å²) < 4.78 is 10.7. The minimum atomic E-state index is -0.959. The molecule has 1 saturated heterocycles. The minimum Gasteiger partial charge on any atom is -0.493 e. The minimum absolute atomic E-state index is 0.231. The van der Waals surface area contributed by atoms with E-state index in [1.165, 1.54) is 6.21 Å². The topological polar surface area (TPSA) is 109 Å². The summed E-state index contributed by atoms with van der Waals surface area (Å²) in [6.45, 7) is 4.23. The Morgan fingerprint density at radius 2 is 1.77 bits per heavy atom. The van der Waals surface area contributed by atoms with Gasteiger partial charge in [0.05, 0.1) is 37.3 Å². The second-order valence-electron chi connectivity index (χ2n) is 6.57. The molecule has 0 atom stereocenters. The zero-order valence-corrected chi connectivity index (χ0v) is 17.2. The fourth-order valence-corrected chi connectivity index (χ4v) is 2.98. The van der Waals surface area contributed by atoms with E-state index in [1.807, 2.05) is 13.0 Å². The quantitative estimate of drug-likeness (QED) is 0.416. The summed E-state index contributed by atoms with van der Waals surface area (Å²) in [6.07, 6.45) is 1.39. The number of hydrazone groups is 1. The van der Waals surface area contributed by atoms with Gasteiger partial charge in [-0.1, -0.05) is 24.3 Å².